The van der Waals surface area contributed by atoms with Crippen LogP contribution in [0.1, 0.15) is 29.9 Å². The summed E-state index contributed by atoms with van der Waals surface area (Å²) in [4.78, 5) is 68.5. The highest BCUT2D eigenvalue weighted by molar-refractivity contribution is 7.66. The number of amides is 1. The fourth-order valence-corrected chi connectivity index (χ4v) is 6.87. The molecule has 22 heteroatoms. The number of nitrogens with zero attached hydrogens (tertiary/aromatic N) is 3. The van der Waals surface area contributed by atoms with Crippen molar-refractivity contribution in [3.05, 3.63) is 18.1 Å². The van der Waals surface area contributed by atoms with Gasteiger partial charge in [0.15, 0.2) is 12.0 Å². The van der Waals surface area contributed by atoms with Gasteiger partial charge in [-0.2, -0.15) is 8.62 Å². The topological polar surface area (TPSA) is 286 Å². The molecule has 1 fully saturated rings. The van der Waals surface area contributed by atoms with Crippen LogP contribution in [0.4, 0.5) is 5.82 Å². The van der Waals surface area contributed by atoms with Gasteiger partial charge in [-0.15, -0.1) is 0 Å². The van der Waals surface area contributed by atoms with Gasteiger partial charge in [-0.3, -0.25) is 14.1 Å². The second kappa shape index (κ2) is 9.36. The van der Waals surface area contributed by atoms with E-state index in [4.69, 9.17) is 14.5 Å². The summed E-state index contributed by atoms with van der Waals surface area (Å²) in [5.41, 5.74) is -2.09. The van der Waals surface area contributed by atoms with Gasteiger partial charge in [-0.1, -0.05) is 0 Å². The highest BCUT2D eigenvalue weighted by Gasteiger charge is 2.54. The van der Waals surface area contributed by atoms with Crippen LogP contribution in [-0.2, 0) is 36.4 Å². The molecule has 204 valence electrons. The fourth-order valence-electron chi connectivity index (χ4n) is 3.84. The molecular weight excluding hydrogens is 569 g/mol. The first-order chi connectivity index (χ1) is 16.9. The van der Waals surface area contributed by atoms with Gasteiger partial charge in [-0.25, -0.2) is 23.7 Å². The Hall–Kier alpha value is -1.95. The van der Waals surface area contributed by atoms with Gasteiger partial charge >= 0.3 is 23.5 Å². The standard InChI is InChI=1S/C15H19N4O15P3/c1-15(23)11(22)8(4-31-36(27,28)34-37(29,30)33-35(24,25)26)32-14(15)19-3-6-7(20)2-9(21)18-12-10(6)13(19)17-5-16-12/h3,5,8,11,14,22-23H,2,4H2,1H3,(H,27,28)(H,29,30)(H2,24,25,26)(H,16,17,18,21)/t8-,11-,14-,15-/m1/s1. The number of rotatable bonds is 8. The molecule has 4 rings (SSSR count). The Morgan fingerprint density at radius 1 is 1.16 bits per heavy atom. The molecule has 0 spiro atoms. The molecule has 6 atom stereocenters. The Bertz CT molecular complexity index is 1420. The third-order valence-corrected chi connectivity index (χ3v) is 9.12. The van der Waals surface area contributed by atoms with E-state index in [0.29, 0.717) is 0 Å². The van der Waals surface area contributed by atoms with Crippen LogP contribution in [0.5, 0.6) is 0 Å². The lowest BCUT2D eigenvalue weighted by Gasteiger charge is -2.27. The fraction of sp³-hybridized carbons (Fsp3) is 0.467. The number of ether oxygens (including phenoxy) is 1. The smallest absolute Gasteiger partial charge is 0.387 e. The zero-order valence-electron chi connectivity index (χ0n) is 18.3. The Labute approximate surface area is 205 Å². The minimum atomic E-state index is -5.77. The van der Waals surface area contributed by atoms with Crippen LogP contribution in [-0.4, -0.2) is 80.4 Å². The molecule has 0 radical (unpaired) electrons. The van der Waals surface area contributed by atoms with E-state index in [1.54, 1.807) is 0 Å². The van der Waals surface area contributed by atoms with E-state index < -0.39 is 72.2 Å². The number of phosphoric acid groups is 3. The SMILES string of the molecule is C[C@@]1(O)[C@H](O)[C@@H](COP(=O)(O)OP(=O)(O)OP(=O)(O)O)O[C@H]1n1cc2c3c(ncnc31)NC(=O)CC2=O. The molecule has 0 aromatic carbocycles. The van der Waals surface area contributed by atoms with Crippen LogP contribution >= 0.6 is 23.5 Å². The number of anilines is 1. The molecule has 37 heavy (non-hydrogen) atoms. The second-order valence-corrected chi connectivity index (χ2v) is 12.5. The van der Waals surface area contributed by atoms with Crippen LogP contribution in [0.15, 0.2) is 12.5 Å². The largest absolute Gasteiger partial charge is 0.490 e. The van der Waals surface area contributed by atoms with Crippen molar-refractivity contribution in [3.8, 4) is 0 Å². The number of aliphatic hydroxyl groups is 2. The lowest BCUT2D eigenvalue weighted by molar-refractivity contribution is -0.115. The van der Waals surface area contributed by atoms with Gasteiger partial charge in [0.25, 0.3) is 0 Å². The maximum Gasteiger partial charge on any atom is 0.490 e. The molecule has 2 unspecified atom stereocenters. The summed E-state index contributed by atoms with van der Waals surface area (Å²) < 4.78 is 52.7. The molecular formula is C15H19N4O15P3. The predicted octanol–water partition coefficient (Wildman–Crippen LogP) is -0.691. The zero-order chi connectivity index (χ0) is 27.6. The zero-order valence-corrected chi connectivity index (χ0v) is 21.0. The number of carbonyl (C=O) groups is 2. The molecule has 1 saturated heterocycles. The number of hydrogen-bond acceptors (Lipinski definition) is 13. The van der Waals surface area contributed by atoms with Gasteiger partial charge in [0, 0.05) is 11.8 Å². The van der Waals surface area contributed by atoms with Crippen molar-refractivity contribution < 1.29 is 71.0 Å². The molecule has 0 saturated carbocycles. The molecule has 1 amide bonds. The number of aromatic nitrogens is 3. The number of nitrogens with one attached hydrogen (secondary N) is 1. The summed E-state index contributed by atoms with van der Waals surface area (Å²) in [5, 5.41) is 24.2. The number of ketones is 1. The average molecular weight is 588 g/mol. The first kappa shape index (κ1) is 28.1. The predicted molar refractivity (Wildman–Crippen MR) is 115 cm³/mol. The summed E-state index contributed by atoms with van der Waals surface area (Å²) >= 11 is 0. The van der Waals surface area contributed by atoms with Gasteiger partial charge in [0.2, 0.25) is 5.91 Å². The molecule has 4 heterocycles. The molecule has 0 bridgehead atoms. The summed E-state index contributed by atoms with van der Waals surface area (Å²) in [6, 6.07) is 0. The van der Waals surface area contributed by atoms with Crippen LogP contribution in [0, 0.1) is 0 Å². The Balaban J connectivity index is 1.58. The number of carbonyl (C=O) groups excluding carboxylic acids is 2. The van der Waals surface area contributed by atoms with E-state index >= 15 is 0 Å². The lowest BCUT2D eigenvalue weighted by Crippen LogP contribution is -2.44. The molecule has 2 aliphatic rings. The maximum atomic E-state index is 12.6. The second-order valence-electron chi connectivity index (χ2n) is 8.10. The summed E-state index contributed by atoms with van der Waals surface area (Å²) in [7, 11) is -16.9. The van der Waals surface area contributed by atoms with Gasteiger partial charge in [0.05, 0.1) is 18.4 Å². The van der Waals surface area contributed by atoms with Crippen molar-refractivity contribution in [2.45, 2.75) is 37.4 Å². The Morgan fingerprint density at radius 3 is 2.49 bits per heavy atom. The van der Waals surface area contributed by atoms with E-state index in [1.165, 1.54) is 10.8 Å². The highest BCUT2D eigenvalue weighted by atomic mass is 31.3. The van der Waals surface area contributed by atoms with Gasteiger partial charge in [-0.05, 0) is 6.92 Å². The lowest BCUT2D eigenvalue weighted by atomic mass is 9.96. The third kappa shape index (κ3) is 5.74. The molecule has 19 nitrogen and oxygen atoms in total. The van der Waals surface area contributed by atoms with Crippen LogP contribution < -0.4 is 5.32 Å². The van der Waals surface area contributed by atoms with Crippen LogP contribution in [0.3, 0.4) is 0 Å². The van der Waals surface area contributed by atoms with E-state index in [9.17, 15) is 43.3 Å². The molecule has 0 aliphatic carbocycles. The highest BCUT2D eigenvalue weighted by Crippen LogP contribution is 2.66. The van der Waals surface area contributed by atoms with Crippen molar-refractivity contribution in [1.29, 1.82) is 0 Å². The van der Waals surface area contributed by atoms with Crippen LogP contribution in [0.25, 0.3) is 11.0 Å². The number of hydrogen-bond donors (Lipinski definition) is 7. The molecule has 7 N–H and O–H groups in total. The quantitative estimate of drug-likeness (QED) is 0.148. The third-order valence-electron chi connectivity index (χ3n) is 5.31. The maximum absolute atomic E-state index is 12.6. The Kier molecular flexibility index (Phi) is 7.10. The van der Waals surface area contributed by atoms with Crippen molar-refractivity contribution in [3.63, 3.8) is 0 Å². The normalized spacial score (nSPS) is 29.5. The van der Waals surface area contributed by atoms with E-state index in [-0.39, 0.29) is 22.4 Å². The van der Waals surface area contributed by atoms with Crippen molar-refractivity contribution in [2.75, 3.05) is 11.9 Å². The number of phosphoric ester groups is 1. The summed E-state index contributed by atoms with van der Waals surface area (Å²) in [5.74, 6) is -1.16. The average Bonchev–Trinajstić information content (AvgIpc) is 3.15. The summed E-state index contributed by atoms with van der Waals surface area (Å²) in [6.07, 6.45) is -3.10. The Morgan fingerprint density at radius 2 is 1.84 bits per heavy atom. The molecule has 2 aromatic rings. The van der Waals surface area contributed by atoms with Crippen molar-refractivity contribution >= 4 is 52.0 Å². The van der Waals surface area contributed by atoms with E-state index in [1.807, 2.05) is 0 Å². The van der Waals surface area contributed by atoms with E-state index in [0.717, 1.165) is 13.3 Å². The molecule has 2 aliphatic heterocycles. The first-order valence-electron chi connectivity index (χ1n) is 9.93. The minimum absolute atomic E-state index is 0.0227. The van der Waals surface area contributed by atoms with Crippen molar-refractivity contribution in [1.82, 2.24) is 14.5 Å². The number of Topliss-reactive ketones (excluding diaryl/α,β-unsaturated/α-hetero) is 1. The summed E-state index contributed by atoms with van der Waals surface area (Å²) in [6.45, 7) is 0.0923. The van der Waals surface area contributed by atoms with Crippen molar-refractivity contribution in [2.24, 2.45) is 0 Å². The molecule has 2 aromatic heterocycles. The minimum Gasteiger partial charge on any atom is -0.387 e. The monoisotopic (exact) mass is 588 g/mol. The van der Waals surface area contributed by atoms with Crippen LogP contribution in [0.2, 0.25) is 0 Å². The number of aliphatic hydroxyl groups excluding tert-OH is 1. The van der Waals surface area contributed by atoms with Gasteiger partial charge in [0.1, 0.15) is 35.6 Å². The first-order valence-corrected chi connectivity index (χ1v) is 14.5. The van der Waals surface area contributed by atoms with Gasteiger partial charge < -0.3 is 44.4 Å². The van der Waals surface area contributed by atoms with E-state index in [2.05, 4.69) is 28.4 Å².